The Labute approximate surface area is 126 Å². The molecule has 0 bridgehead atoms. The van der Waals surface area contributed by atoms with Crippen molar-refractivity contribution in [3.05, 3.63) is 53.4 Å². The minimum absolute atomic E-state index is 0.00789. The van der Waals surface area contributed by atoms with Crippen LogP contribution < -0.4 is 5.32 Å². The summed E-state index contributed by atoms with van der Waals surface area (Å²) in [5.41, 5.74) is 0.925. The highest BCUT2D eigenvalue weighted by Crippen LogP contribution is 2.39. The molecule has 4 rings (SSSR count). The Morgan fingerprint density at radius 1 is 1.27 bits per heavy atom. The molecule has 1 saturated carbocycles. The molecule has 1 fully saturated rings. The number of hydrogen-bond acceptors (Lipinski definition) is 3. The maximum Gasteiger partial charge on any atom is 0.128 e. The van der Waals surface area contributed by atoms with E-state index in [0.717, 1.165) is 0 Å². The summed E-state index contributed by atoms with van der Waals surface area (Å²) >= 11 is 0. The first-order chi connectivity index (χ1) is 10.6. The highest BCUT2D eigenvalue weighted by atomic mass is 19.1. The lowest BCUT2D eigenvalue weighted by molar-refractivity contribution is -0.0118. The quantitative estimate of drug-likeness (QED) is 0.913. The number of fused-ring (bicyclic) bond motifs is 1. The average Bonchev–Trinajstić information content (AvgIpc) is 3.13. The van der Waals surface area contributed by atoms with Crippen LogP contribution in [0.3, 0.4) is 0 Å². The fourth-order valence-electron chi connectivity index (χ4n) is 3.69. The molecule has 2 N–H and O–H groups in total. The maximum absolute atomic E-state index is 14.1. The summed E-state index contributed by atoms with van der Waals surface area (Å²) in [4.78, 5) is 0. The number of aliphatic hydroxyl groups excluding tert-OH is 1. The molecule has 2 aliphatic carbocycles. The topological polar surface area (TPSA) is 50.1 Å². The van der Waals surface area contributed by atoms with Crippen LogP contribution in [-0.2, 0) is 6.42 Å². The van der Waals surface area contributed by atoms with E-state index in [1.54, 1.807) is 10.9 Å². The Hall–Kier alpha value is -1.79. The van der Waals surface area contributed by atoms with Crippen molar-refractivity contribution in [2.75, 3.05) is 0 Å². The summed E-state index contributed by atoms with van der Waals surface area (Å²) in [5, 5.41) is 17.5. The van der Waals surface area contributed by atoms with E-state index >= 15 is 0 Å². The Balaban J connectivity index is 1.56. The zero-order valence-electron chi connectivity index (χ0n) is 11.9. The predicted molar refractivity (Wildman–Crippen MR) is 76.2 cm³/mol. The number of hydrogen-bond donors (Lipinski definition) is 2. The lowest BCUT2D eigenvalue weighted by Gasteiger charge is -2.43. The molecule has 4 atom stereocenters. The molecule has 2 aromatic rings. The number of nitrogens with one attached hydrogen (secondary N) is 1. The van der Waals surface area contributed by atoms with Crippen LogP contribution >= 0.6 is 0 Å². The minimum atomic E-state index is -0.462. The highest BCUT2D eigenvalue weighted by Gasteiger charge is 2.43. The number of aliphatic hydroxyl groups is 1. The van der Waals surface area contributed by atoms with Crippen LogP contribution in [0.2, 0.25) is 0 Å². The van der Waals surface area contributed by atoms with Gasteiger partial charge in [-0.25, -0.2) is 8.78 Å². The molecule has 116 valence electrons. The van der Waals surface area contributed by atoms with E-state index in [1.807, 2.05) is 12.3 Å². The monoisotopic (exact) mass is 305 g/mol. The molecular formula is C16H17F2N3O. The summed E-state index contributed by atoms with van der Waals surface area (Å²) in [6.45, 7) is 0. The molecule has 0 spiro atoms. The fourth-order valence-corrected chi connectivity index (χ4v) is 3.69. The van der Waals surface area contributed by atoms with Crippen LogP contribution in [-0.4, -0.2) is 27.0 Å². The van der Waals surface area contributed by atoms with Crippen molar-refractivity contribution in [2.24, 2.45) is 0 Å². The maximum atomic E-state index is 14.1. The smallest absolute Gasteiger partial charge is 0.128 e. The van der Waals surface area contributed by atoms with E-state index in [1.165, 1.54) is 12.1 Å². The van der Waals surface area contributed by atoms with Gasteiger partial charge in [0, 0.05) is 30.0 Å². The van der Waals surface area contributed by atoms with E-state index in [-0.39, 0.29) is 29.8 Å². The van der Waals surface area contributed by atoms with Crippen LogP contribution in [0.25, 0.3) is 0 Å². The normalized spacial score (nSPS) is 30.1. The summed E-state index contributed by atoms with van der Waals surface area (Å²) in [6, 6.07) is 3.83. The van der Waals surface area contributed by atoms with Crippen molar-refractivity contribution in [3.8, 4) is 0 Å². The minimum Gasteiger partial charge on any atom is -0.391 e. The second-order valence-corrected chi connectivity index (χ2v) is 6.07. The molecule has 0 saturated heterocycles. The number of aromatic nitrogens is 2. The third kappa shape index (κ3) is 2.06. The summed E-state index contributed by atoms with van der Waals surface area (Å²) in [7, 11) is 0. The molecule has 6 heteroatoms. The van der Waals surface area contributed by atoms with Crippen molar-refractivity contribution in [1.82, 2.24) is 15.1 Å². The van der Waals surface area contributed by atoms with Gasteiger partial charge < -0.3 is 10.4 Å². The molecule has 0 aliphatic heterocycles. The zero-order valence-corrected chi connectivity index (χ0v) is 11.9. The molecule has 4 nitrogen and oxygen atoms in total. The van der Waals surface area contributed by atoms with Crippen LogP contribution in [0.5, 0.6) is 0 Å². The van der Waals surface area contributed by atoms with Gasteiger partial charge in [0.05, 0.1) is 12.1 Å². The van der Waals surface area contributed by atoms with E-state index in [0.29, 0.717) is 30.4 Å². The van der Waals surface area contributed by atoms with Crippen molar-refractivity contribution in [1.29, 1.82) is 0 Å². The van der Waals surface area contributed by atoms with Gasteiger partial charge in [-0.15, -0.1) is 0 Å². The molecule has 0 amide bonds. The van der Waals surface area contributed by atoms with Crippen LogP contribution in [0.4, 0.5) is 8.78 Å². The van der Waals surface area contributed by atoms with E-state index in [4.69, 9.17) is 0 Å². The largest absolute Gasteiger partial charge is 0.391 e. The molecule has 22 heavy (non-hydrogen) atoms. The van der Waals surface area contributed by atoms with Gasteiger partial charge in [0.25, 0.3) is 0 Å². The van der Waals surface area contributed by atoms with Crippen molar-refractivity contribution in [3.63, 3.8) is 0 Å². The van der Waals surface area contributed by atoms with Gasteiger partial charge in [0.1, 0.15) is 11.6 Å². The van der Waals surface area contributed by atoms with Gasteiger partial charge >= 0.3 is 0 Å². The lowest BCUT2D eigenvalue weighted by Crippen LogP contribution is -2.55. The average molecular weight is 305 g/mol. The Morgan fingerprint density at radius 3 is 2.82 bits per heavy atom. The summed E-state index contributed by atoms with van der Waals surface area (Å²) in [5.74, 6) is -0.695. The van der Waals surface area contributed by atoms with Gasteiger partial charge in [0.15, 0.2) is 0 Å². The van der Waals surface area contributed by atoms with Gasteiger partial charge in [-0.05, 0) is 43.0 Å². The van der Waals surface area contributed by atoms with Gasteiger partial charge in [-0.1, -0.05) is 0 Å². The third-order valence-electron chi connectivity index (χ3n) is 4.83. The standard InChI is InChI=1S/C16H17F2N3O/c17-10-3-4-11(18)15-9(10)2-5-12(15)20-13-8-14(22)16(13)21-7-1-6-19-21/h1,3-4,6-7,12-14,16,20,22H,2,5,8H2/t12?,13-,14+,16+/m0/s1. The molecule has 1 aromatic carbocycles. The first-order valence-corrected chi connectivity index (χ1v) is 7.55. The van der Waals surface area contributed by atoms with Gasteiger partial charge in [0.2, 0.25) is 0 Å². The van der Waals surface area contributed by atoms with Crippen molar-refractivity contribution in [2.45, 2.75) is 43.5 Å². The molecule has 0 radical (unpaired) electrons. The second-order valence-electron chi connectivity index (χ2n) is 6.07. The molecule has 2 aliphatic rings. The molecule has 1 unspecified atom stereocenters. The number of rotatable bonds is 3. The lowest BCUT2D eigenvalue weighted by atomic mass is 9.82. The van der Waals surface area contributed by atoms with E-state index in [9.17, 15) is 13.9 Å². The van der Waals surface area contributed by atoms with Gasteiger partial charge in [-0.2, -0.15) is 5.10 Å². The Bertz CT molecular complexity index is 689. The third-order valence-corrected chi connectivity index (χ3v) is 4.83. The van der Waals surface area contributed by atoms with E-state index < -0.39 is 6.10 Å². The molecule has 1 heterocycles. The molecule has 1 aromatic heterocycles. The second kappa shape index (κ2) is 5.14. The van der Waals surface area contributed by atoms with E-state index in [2.05, 4.69) is 10.4 Å². The van der Waals surface area contributed by atoms with Crippen molar-refractivity contribution < 1.29 is 13.9 Å². The van der Waals surface area contributed by atoms with Crippen LogP contribution in [0.1, 0.15) is 36.1 Å². The van der Waals surface area contributed by atoms with Crippen LogP contribution in [0.15, 0.2) is 30.6 Å². The molecular weight excluding hydrogens is 288 g/mol. The SMILES string of the molecule is O[C@@H]1C[C@H](NC2CCc3c(F)ccc(F)c32)[C@H]1n1cccn1. The fraction of sp³-hybridized carbons (Fsp3) is 0.438. The first kappa shape index (κ1) is 13.8. The Morgan fingerprint density at radius 2 is 2.09 bits per heavy atom. The summed E-state index contributed by atoms with van der Waals surface area (Å²) in [6.07, 6.45) is 4.82. The van der Waals surface area contributed by atoms with Crippen LogP contribution in [0, 0.1) is 11.6 Å². The number of benzene rings is 1. The van der Waals surface area contributed by atoms with Gasteiger partial charge in [-0.3, -0.25) is 4.68 Å². The zero-order chi connectivity index (χ0) is 15.3. The Kier molecular flexibility index (Phi) is 3.23. The number of halogens is 2. The van der Waals surface area contributed by atoms with Crippen molar-refractivity contribution >= 4 is 0 Å². The summed E-state index contributed by atoms with van der Waals surface area (Å²) < 4.78 is 29.6. The first-order valence-electron chi connectivity index (χ1n) is 7.55. The number of nitrogens with zero attached hydrogens (tertiary/aromatic N) is 2. The predicted octanol–water partition coefficient (Wildman–Crippen LogP) is 2.11. The highest BCUT2D eigenvalue weighted by molar-refractivity contribution is 5.37.